The van der Waals surface area contributed by atoms with Gasteiger partial charge < -0.3 is 10.2 Å². The van der Waals surface area contributed by atoms with Gasteiger partial charge in [-0.3, -0.25) is 13.9 Å². The second-order valence-electron chi connectivity index (χ2n) is 8.98. The fourth-order valence-electron chi connectivity index (χ4n) is 4.09. The fraction of sp³-hybridized carbons (Fsp3) is 0.310. The van der Waals surface area contributed by atoms with Gasteiger partial charge in [-0.1, -0.05) is 79.9 Å². The molecular formula is C29H33Cl2N3O4S. The van der Waals surface area contributed by atoms with Crippen molar-refractivity contribution in [3.05, 3.63) is 94.5 Å². The summed E-state index contributed by atoms with van der Waals surface area (Å²) in [5.41, 5.74) is 0.970. The molecule has 0 spiro atoms. The van der Waals surface area contributed by atoms with Gasteiger partial charge >= 0.3 is 0 Å². The molecule has 7 nitrogen and oxygen atoms in total. The van der Waals surface area contributed by atoms with E-state index in [4.69, 9.17) is 23.2 Å². The number of nitrogens with one attached hydrogen (secondary N) is 1. The number of sulfonamides is 1. The minimum atomic E-state index is -4.15. The SMILES string of the molecule is CCCCNC(=O)C(CC)N(Cc1ccccc1Cl)C(=O)CN(c1ccccc1)S(=O)(=O)c1ccc(Cl)cc1. The molecule has 0 aliphatic heterocycles. The van der Waals surface area contributed by atoms with Crippen LogP contribution in [-0.4, -0.2) is 44.3 Å². The van der Waals surface area contributed by atoms with E-state index in [-0.39, 0.29) is 17.3 Å². The van der Waals surface area contributed by atoms with Gasteiger partial charge in [0.15, 0.2) is 0 Å². The largest absolute Gasteiger partial charge is 0.354 e. The van der Waals surface area contributed by atoms with Crippen LogP contribution in [0.25, 0.3) is 0 Å². The summed E-state index contributed by atoms with van der Waals surface area (Å²) in [7, 11) is -4.15. The summed E-state index contributed by atoms with van der Waals surface area (Å²) < 4.78 is 28.6. The summed E-state index contributed by atoms with van der Waals surface area (Å²) in [5.74, 6) is -0.827. The van der Waals surface area contributed by atoms with E-state index >= 15 is 0 Å². The van der Waals surface area contributed by atoms with Crippen molar-refractivity contribution >= 4 is 50.7 Å². The van der Waals surface area contributed by atoms with Crippen LogP contribution in [0.2, 0.25) is 10.0 Å². The van der Waals surface area contributed by atoms with Crippen molar-refractivity contribution in [1.82, 2.24) is 10.2 Å². The number of para-hydroxylation sites is 1. The molecule has 10 heteroatoms. The molecule has 3 aromatic rings. The topological polar surface area (TPSA) is 86.8 Å². The van der Waals surface area contributed by atoms with Crippen molar-refractivity contribution in [2.24, 2.45) is 0 Å². The maximum atomic E-state index is 14.0. The van der Waals surface area contributed by atoms with Gasteiger partial charge in [0.1, 0.15) is 12.6 Å². The quantitative estimate of drug-likeness (QED) is 0.251. The highest BCUT2D eigenvalue weighted by molar-refractivity contribution is 7.92. The molecule has 0 radical (unpaired) electrons. The number of unbranched alkanes of at least 4 members (excludes halogenated alkanes) is 1. The molecule has 0 saturated carbocycles. The van der Waals surface area contributed by atoms with Crippen LogP contribution in [0.1, 0.15) is 38.7 Å². The van der Waals surface area contributed by atoms with Gasteiger partial charge in [-0.05, 0) is 60.9 Å². The Morgan fingerprint density at radius 1 is 0.897 bits per heavy atom. The molecule has 2 amide bonds. The molecule has 0 bridgehead atoms. The van der Waals surface area contributed by atoms with Crippen LogP contribution >= 0.6 is 23.2 Å². The normalized spacial score (nSPS) is 12.0. The molecule has 208 valence electrons. The first kappa shape index (κ1) is 30.5. The maximum Gasteiger partial charge on any atom is 0.264 e. The van der Waals surface area contributed by atoms with E-state index in [0.717, 1.165) is 17.1 Å². The maximum absolute atomic E-state index is 14.0. The summed E-state index contributed by atoms with van der Waals surface area (Å²) in [5, 5.41) is 3.75. The van der Waals surface area contributed by atoms with Crippen molar-refractivity contribution < 1.29 is 18.0 Å². The fourth-order valence-corrected chi connectivity index (χ4v) is 5.83. The van der Waals surface area contributed by atoms with Crippen LogP contribution in [0.5, 0.6) is 0 Å². The van der Waals surface area contributed by atoms with Crippen LogP contribution in [0.4, 0.5) is 5.69 Å². The smallest absolute Gasteiger partial charge is 0.264 e. The molecule has 3 rings (SSSR count). The van der Waals surface area contributed by atoms with E-state index < -0.39 is 28.5 Å². The number of amides is 2. The Morgan fingerprint density at radius 2 is 1.54 bits per heavy atom. The lowest BCUT2D eigenvalue weighted by molar-refractivity contribution is -0.140. The first-order valence-corrected chi connectivity index (χ1v) is 15.0. The summed E-state index contributed by atoms with van der Waals surface area (Å²) in [6.45, 7) is 3.85. The van der Waals surface area contributed by atoms with Crippen LogP contribution in [0.15, 0.2) is 83.8 Å². The highest BCUT2D eigenvalue weighted by atomic mass is 35.5. The van der Waals surface area contributed by atoms with Crippen LogP contribution < -0.4 is 9.62 Å². The minimum Gasteiger partial charge on any atom is -0.354 e. The van der Waals surface area contributed by atoms with E-state index in [1.165, 1.54) is 29.2 Å². The molecule has 1 N–H and O–H groups in total. The van der Waals surface area contributed by atoms with Gasteiger partial charge in [0.2, 0.25) is 11.8 Å². The summed E-state index contributed by atoms with van der Waals surface area (Å²) in [6.07, 6.45) is 2.05. The van der Waals surface area contributed by atoms with Crippen molar-refractivity contribution in [3.63, 3.8) is 0 Å². The van der Waals surface area contributed by atoms with Gasteiger partial charge in [-0.25, -0.2) is 8.42 Å². The number of nitrogens with zero attached hydrogens (tertiary/aromatic N) is 2. The predicted octanol–water partition coefficient (Wildman–Crippen LogP) is 5.91. The number of hydrogen-bond donors (Lipinski definition) is 1. The van der Waals surface area contributed by atoms with Crippen LogP contribution in [-0.2, 0) is 26.2 Å². The summed E-state index contributed by atoms with van der Waals surface area (Å²) in [6, 6.07) is 20.4. The first-order valence-electron chi connectivity index (χ1n) is 12.8. The Labute approximate surface area is 240 Å². The molecule has 1 atom stereocenters. The average molecular weight is 591 g/mol. The monoisotopic (exact) mass is 589 g/mol. The number of carbonyl (C=O) groups excluding carboxylic acids is 2. The van der Waals surface area contributed by atoms with Crippen LogP contribution in [0, 0.1) is 0 Å². The standard InChI is InChI=1S/C29H33Cl2N3O4S/c1-3-5-19-32-29(36)27(4-2)33(20-22-11-9-10-14-26(22)31)28(35)21-34(24-12-7-6-8-13-24)39(37,38)25-17-15-23(30)16-18-25/h6-18,27H,3-5,19-21H2,1-2H3,(H,32,36). The van der Waals surface area contributed by atoms with Gasteiger partial charge in [-0.2, -0.15) is 0 Å². The van der Waals surface area contributed by atoms with Crippen molar-refractivity contribution in [3.8, 4) is 0 Å². The van der Waals surface area contributed by atoms with Gasteiger partial charge in [-0.15, -0.1) is 0 Å². The molecule has 0 fully saturated rings. The predicted molar refractivity (Wildman–Crippen MR) is 156 cm³/mol. The lowest BCUT2D eigenvalue weighted by atomic mass is 10.1. The molecule has 1 unspecified atom stereocenters. The lowest BCUT2D eigenvalue weighted by Crippen LogP contribution is -2.52. The van der Waals surface area contributed by atoms with Crippen molar-refractivity contribution in [2.75, 3.05) is 17.4 Å². The van der Waals surface area contributed by atoms with E-state index in [1.807, 2.05) is 13.8 Å². The second-order valence-corrected chi connectivity index (χ2v) is 11.7. The Morgan fingerprint density at radius 3 is 2.15 bits per heavy atom. The zero-order chi connectivity index (χ0) is 28.4. The Kier molecular flexibility index (Phi) is 11.2. The highest BCUT2D eigenvalue weighted by Gasteiger charge is 2.33. The van der Waals surface area contributed by atoms with Crippen molar-refractivity contribution in [1.29, 1.82) is 0 Å². The number of anilines is 1. The number of carbonyl (C=O) groups is 2. The highest BCUT2D eigenvalue weighted by Crippen LogP contribution is 2.26. The first-order chi connectivity index (χ1) is 18.7. The third kappa shape index (κ3) is 7.97. The number of rotatable bonds is 13. The Bertz CT molecular complexity index is 1350. The second kappa shape index (κ2) is 14.4. The molecule has 0 aliphatic rings. The Hall–Kier alpha value is -3.07. The molecule has 0 saturated heterocycles. The molecule has 3 aromatic carbocycles. The van der Waals surface area contributed by atoms with Crippen molar-refractivity contribution in [2.45, 2.75) is 50.6 Å². The number of halogens is 2. The molecule has 0 aromatic heterocycles. The minimum absolute atomic E-state index is 0.00874. The zero-order valence-corrected chi connectivity index (χ0v) is 24.3. The summed E-state index contributed by atoms with van der Waals surface area (Å²) >= 11 is 12.4. The zero-order valence-electron chi connectivity index (χ0n) is 22.0. The molecule has 39 heavy (non-hydrogen) atoms. The number of benzene rings is 3. The van der Waals surface area contributed by atoms with Gasteiger partial charge in [0, 0.05) is 23.1 Å². The average Bonchev–Trinajstić information content (AvgIpc) is 2.93. The lowest BCUT2D eigenvalue weighted by Gasteiger charge is -2.33. The van der Waals surface area contributed by atoms with E-state index in [1.54, 1.807) is 54.6 Å². The van der Waals surface area contributed by atoms with E-state index in [9.17, 15) is 18.0 Å². The molecule has 0 heterocycles. The van der Waals surface area contributed by atoms with Gasteiger partial charge in [0.25, 0.3) is 10.0 Å². The van der Waals surface area contributed by atoms with E-state index in [0.29, 0.717) is 34.3 Å². The third-order valence-corrected chi connectivity index (χ3v) is 8.65. The molecule has 0 aliphatic carbocycles. The van der Waals surface area contributed by atoms with E-state index in [2.05, 4.69) is 5.32 Å². The Balaban J connectivity index is 2.02. The summed E-state index contributed by atoms with van der Waals surface area (Å²) in [4.78, 5) is 28.6. The number of hydrogen-bond acceptors (Lipinski definition) is 4. The molecular weight excluding hydrogens is 557 g/mol. The van der Waals surface area contributed by atoms with Crippen LogP contribution in [0.3, 0.4) is 0 Å². The third-order valence-electron chi connectivity index (χ3n) is 6.24. The van der Waals surface area contributed by atoms with Gasteiger partial charge in [0.05, 0.1) is 10.6 Å².